The molecule has 0 bridgehead atoms. The lowest BCUT2D eigenvalue weighted by Crippen LogP contribution is -2.47. The van der Waals surface area contributed by atoms with E-state index < -0.39 is 24.4 Å². The highest BCUT2D eigenvalue weighted by Gasteiger charge is 2.34. The summed E-state index contributed by atoms with van der Waals surface area (Å²) in [5.74, 6) is -1.29. The quantitative estimate of drug-likeness (QED) is 0.0896. The predicted octanol–water partition coefficient (Wildman–Crippen LogP) is 10.0. The zero-order valence-corrected chi connectivity index (χ0v) is 28.4. The summed E-state index contributed by atoms with van der Waals surface area (Å²) in [6.07, 6.45) is 3.17. The Balaban J connectivity index is 2.04. The molecule has 3 rings (SSSR count). The van der Waals surface area contributed by atoms with E-state index in [1.54, 1.807) is 4.90 Å². The van der Waals surface area contributed by atoms with Crippen molar-refractivity contribution in [2.45, 2.75) is 71.8 Å². The Morgan fingerprint density at radius 1 is 0.659 bits per heavy atom. The van der Waals surface area contributed by atoms with Gasteiger partial charge in [0.2, 0.25) is 0 Å². The minimum Gasteiger partial charge on any atom is -0.494 e. The second-order valence-electron chi connectivity index (χ2n) is 9.94. The number of carbonyl (C=O) groups excluding carboxylic acids is 2. The van der Waals surface area contributed by atoms with Crippen LogP contribution in [0.3, 0.4) is 0 Å². The van der Waals surface area contributed by atoms with Gasteiger partial charge in [0.05, 0.1) is 34.3 Å². The van der Waals surface area contributed by atoms with Crippen molar-refractivity contribution in [3.05, 3.63) is 85.3 Å². The van der Waals surface area contributed by atoms with Gasteiger partial charge in [0.25, 0.3) is 0 Å². The molecule has 2 atom stereocenters. The normalized spacial score (nSPS) is 12.3. The highest BCUT2D eigenvalue weighted by molar-refractivity contribution is 6.37. The number of unbranched alkanes of at least 4 members (excludes halogenated alkanes) is 2. The smallest absolute Gasteiger partial charge is 0.345 e. The monoisotopic (exact) mass is 683 g/mol. The topological polar surface area (TPSA) is 74.3 Å². The molecule has 0 fully saturated rings. The van der Waals surface area contributed by atoms with Crippen LogP contribution in [-0.4, -0.2) is 38.6 Å². The molecule has 2 unspecified atom stereocenters. The van der Waals surface area contributed by atoms with E-state index in [9.17, 15) is 9.59 Å². The average Bonchev–Trinajstić information content (AvgIpc) is 3.02. The molecule has 11 heteroatoms. The van der Waals surface area contributed by atoms with Gasteiger partial charge >= 0.3 is 11.9 Å². The Kier molecular flexibility index (Phi) is 13.8. The Morgan fingerprint density at radius 2 is 1.09 bits per heavy atom. The van der Waals surface area contributed by atoms with Gasteiger partial charge in [-0.2, -0.15) is 0 Å². The van der Waals surface area contributed by atoms with Crippen molar-refractivity contribution in [2.24, 2.45) is 0 Å². The third-order valence-corrected chi connectivity index (χ3v) is 8.27. The fourth-order valence-electron chi connectivity index (χ4n) is 4.82. The van der Waals surface area contributed by atoms with Gasteiger partial charge in [-0.3, -0.25) is 0 Å². The Bertz CT molecular complexity index is 1350. The van der Waals surface area contributed by atoms with Crippen LogP contribution in [0.2, 0.25) is 20.1 Å². The molecule has 0 N–H and O–H groups in total. The van der Waals surface area contributed by atoms with Crippen LogP contribution in [0.5, 0.6) is 11.5 Å². The first-order valence-corrected chi connectivity index (χ1v) is 16.0. The Morgan fingerprint density at radius 3 is 1.48 bits per heavy atom. The number of aryl methyl sites for hydroxylation is 1. The summed E-state index contributed by atoms with van der Waals surface area (Å²) in [7, 11) is 2.78. The fraction of sp³-hybridized carbons (Fsp3) is 0.394. The van der Waals surface area contributed by atoms with Crippen LogP contribution in [-0.2, 0) is 15.9 Å². The molecule has 44 heavy (non-hydrogen) atoms. The molecule has 7 nitrogen and oxygen atoms in total. The molecule has 0 aliphatic heterocycles. The lowest BCUT2D eigenvalue weighted by atomic mass is 10.1. The number of anilines is 1. The van der Waals surface area contributed by atoms with Gasteiger partial charge in [-0.15, -0.1) is 0 Å². The standard InChI is InChI=1S/C33H37Cl4NO6/c1-6-9-10-11-20-12-14-21(15-13-20)38(26(7-2)43-32(39)28-22(34)16-18-24(36)30(28)41-4)27(8-3)44-33(40)29-23(35)17-19-25(37)31(29)42-5/h12-19,26-27H,6-11H2,1-5H3. The average molecular weight is 685 g/mol. The molecule has 0 spiro atoms. The maximum atomic E-state index is 13.6. The predicted molar refractivity (Wildman–Crippen MR) is 177 cm³/mol. The third-order valence-electron chi connectivity index (χ3n) is 7.04. The van der Waals surface area contributed by atoms with Crippen molar-refractivity contribution in [1.29, 1.82) is 0 Å². The molecule has 0 saturated heterocycles. The Hall–Kier alpha value is -2.84. The van der Waals surface area contributed by atoms with Gasteiger partial charge < -0.3 is 23.8 Å². The number of carbonyl (C=O) groups is 2. The van der Waals surface area contributed by atoms with Crippen molar-refractivity contribution in [3.63, 3.8) is 0 Å². The lowest BCUT2D eigenvalue weighted by Gasteiger charge is -2.38. The highest BCUT2D eigenvalue weighted by atomic mass is 35.5. The number of rotatable bonds is 15. The minimum atomic E-state index is -0.886. The van der Waals surface area contributed by atoms with Gasteiger partial charge in [0, 0.05) is 18.5 Å². The van der Waals surface area contributed by atoms with E-state index in [-0.39, 0.29) is 42.7 Å². The van der Waals surface area contributed by atoms with Crippen molar-refractivity contribution >= 4 is 64.0 Å². The third kappa shape index (κ3) is 8.45. The Labute approximate surface area is 279 Å². The molecule has 0 radical (unpaired) electrons. The molecular formula is C33H37Cl4NO6. The van der Waals surface area contributed by atoms with E-state index in [2.05, 4.69) is 6.92 Å². The van der Waals surface area contributed by atoms with Crippen LogP contribution in [0.1, 0.15) is 79.2 Å². The SMILES string of the molecule is CCCCCc1ccc(N(C(CC)OC(=O)c2c(Cl)ccc(Cl)c2OC)C(CC)OC(=O)c2c(Cl)ccc(Cl)c2OC)cc1. The van der Waals surface area contributed by atoms with Gasteiger partial charge in [-0.05, 0) is 54.8 Å². The van der Waals surface area contributed by atoms with Crippen LogP contribution in [0, 0.1) is 0 Å². The van der Waals surface area contributed by atoms with Crippen LogP contribution >= 0.6 is 46.4 Å². The number of hydrogen-bond donors (Lipinski definition) is 0. The lowest BCUT2D eigenvalue weighted by molar-refractivity contribution is -0.000496. The summed E-state index contributed by atoms with van der Waals surface area (Å²) >= 11 is 25.3. The summed E-state index contributed by atoms with van der Waals surface area (Å²) in [4.78, 5) is 28.9. The van der Waals surface area contributed by atoms with Gasteiger partial charge in [0.15, 0.2) is 24.0 Å². The van der Waals surface area contributed by atoms with Gasteiger partial charge in [-0.25, -0.2) is 9.59 Å². The van der Waals surface area contributed by atoms with E-state index in [1.807, 2.05) is 38.1 Å². The van der Waals surface area contributed by atoms with Crippen molar-refractivity contribution in [3.8, 4) is 11.5 Å². The van der Waals surface area contributed by atoms with E-state index >= 15 is 0 Å². The van der Waals surface area contributed by atoms with E-state index in [0.29, 0.717) is 18.5 Å². The second-order valence-corrected chi connectivity index (χ2v) is 11.6. The van der Waals surface area contributed by atoms with E-state index in [4.69, 9.17) is 65.4 Å². The molecule has 0 aliphatic rings. The largest absolute Gasteiger partial charge is 0.494 e. The number of halogens is 4. The molecule has 0 heterocycles. The first-order chi connectivity index (χ1) is 21.1. The highest BCUT2D eigenvalue weighted by Crippen LogP contribution is 2.37. The summed E-state index contributed by atoms with van der Waals surface area (Å²) in [6, 6.07) is 14.0. The maximum Gasteiger partial charge on any atom is 0.345 e. The zero-order valence-electron chi connectivity index (χ0n) is 25.4. The summed E-state index contributed by atoms with van der Waals surface area (Å²) < 4.78 is 22.8. The van der Waals surface area contributed by atoms with Crippen LogP contribution < -0.4 is 14.4 Å². The molecule has 3 aromatic rings. The summed E-state index contributed by atoms with van der Waals surface area (Å²) in [6.45, 7) is 5.87. The second kappa shape index (κ2) is 17.0. The van der Waals surface area contributed by atoms with Crippen molar-refractivity contribution < 1.29 is 28.5 Å². The number of benzene rings is 3. The molecule has 0 amide bonds. The number of ether oxygens (including phenoxy) is 4. The first kappa shape index (κ1) is 35.6. The molecular weight excluding hydrogens is 648 g/mol. The van der Waals surface area contributed by atoms with E-state index in [0.717, 1.165) is 25.7 Å². The molecule has 0 saturated carbocycles. The maximum absolute atomic E-state index is 13.6. The van der Waals surface area contributed by atoms with E-state index in [1.165, 1.54) is 44.0 Å². The van der Waals surface area contributed by atoms with Crippen LogP contribution in [0.4, 0.5) is 5.69 Å². The molecule has 3 aromatic carbocycles. The van der Waals surface area contributed by atoms with Crippen LogP contribution in [0.25, 0.3) is 0 Å². The van der Waals surface area contributed by atoms with Gasteiger partial charge in [0.1, 0.15) is 11.1 Å². The summed E-state index contributed by atoms with van der Waals surface area (Å²) in [5.41, 5.74) is 1.83. The minimum absolute atomic E-state index is 0.00757. The molecule has 0 aliphatic carbocycles. The molecule has 0 aromatic heterocycles. The van der Waals surface area contributed by atoms with Crippen LogP contribution in [0.15, 0.2) is 48.5 Å². The van der Waals surface area contributed by atoms with Crippen molar-refractivity contribution in [2.75, 3.05) is 19.1 Å². The van der Waals surface area contributed by atoms with Crippen molar-refractivity contribution in [1.82, 2.24) is 0 Å². The number of methoxy groups -OCH3 is 2. The molecule has 238 valence electrons. The first-order valence-electron chi connectivity index (χ1n) is 14.4. The summed E-state index contributed by atoms with van der Waals surface area (Å²) in [5, 5.41) is 0.658. The number of hydrogen-bond acceptors (Lipinski definition) is 7. The zero-order chi connectivity index (χ0) is 32.4. The van der Waals surface area contributed by atoms with Gasteiger partial charge in [-0.1, -0.05) is 92.1 Å². The number of esters is 2. The number of nitrogens with zero attached hydrogens (tertiary/aromatic N) is 1. The fourth-order valence-corrected chi connectivity index (χ4v) is 5.74.